The van der Waals surface area contributed by atoms with E-state index in [1.54, 1.807) is 0 Å². The van der Waals surface area contributed by atoms with Gasteiger partial charge in [0.25, 0.3) is 0 Å². The normalized spacial score (nSPS) is 22.7. The summed E-state index contributed by atoms with van der Waals surface area (Å²) in [4.78, 5) is 24.2. The van der Waals surface area contributed by atoms with Crippen molar-refractivity contribution in [2.24, 2.45) is 4.99 Å². The molecule has 1 fully saturated rings. The fraction of sp³-hybridized carbons (Fsp3) is 0.429. The monoisotopic (exact) mass is 586 g/mol. The number of nitrogens with zero attached hydrogens (tertiary/aromatic N) is 3. The molecule has 1 unspecified atom stereocenters. The summed E-state index contributed by atoms with van der Waals surface area (Å²) >= 11 is 6.35. The van der Waals surface area contributed by atoms with E-state index in [-0.39, 0.29) is 11.4 Å². The van der Waals surface area contributed by atoms with E-state index >= 15 is 0 Å². The van der Waals surface area contributed by atoms with Crippen molar-refractivity contribution in [2.45, 2.75) is 65.0 Å². The van der Waals surface area contributed by atoms with Crippen LogP contribution in [-0.2, 0) is 16.5 Å². The molecular formula is C35H43ClN4O2. The van der Waals surface area contributed by atoms with Gasteiger partial charge in [-0.3, -0.25) is 9.89 Å². The molecule has 222 valence electrons. The number of hydrogen-bond donors (Lipinski definition) is 1. The Kier molecular flexibility index (Phi) is 8.16. The summed E-state index contributed by atoms with van der Waals surface area (Å²) < 4.78 is 6.28. The third-order valence-electron chi connectivity index (χ3n) is 8.92. The number of aliphatic imine (C=N–C) groups is 1. The highest BCUT2D eigenvalue weighted by Crippen LogP contribution is 2.54. The Hall–Kier alpha value is -3.35. The highest BCUT2D eigenvalue weighted by atomic mass is 35.5. The lowest BCUT2D eigenvalue weighted by Crippen LogP contribution is -2.60. The molecule has 2 atom stereocenters. The van der Waals surface area contributed by atoms with Gasteiger partial charge >= 0.3 is 6.03 Å². The summed E-state index contributed by atoms with van der Waals surface area (Å²) in [7, 11) is 0. The zero-order valence-corrected chi connectivity index (χ0v) is 26.7. The van der Waals surface area contributed by atoms with Crippen LogP contribution < -0.4 is 10.1 Å². The summed E-state index contributed by atoms with van der Waals surface area (Å²) in [6.45, 7) is 18.2. The number of urea groups is 1. The van der Waals surface area contributed by atoms with Crippen molar-refractivity contribution < 1.29 is 9.53 Å². The highest BCUT2D eigenvalue weighted by Gasteiger charge is 2.60. The Morgan fingerprint density at radius 2 is 1.60 bits per heavy atom. The standard InChI is InChI=1S/C35H43ClN4O2/c1-8-42-30-23-27(33(3,4)5)15-18-29(30)31-38-34(6,25-13-16-28(36)17-14-25)35(7,26-11-9-24(2)10-12-26)40(31)32(41)39-21-19-37-20-22-39/h9-18,23,37H,8,19-22H2,1-7H3/t34-,35?/m0/s1. The maximum Gasteiger partial charge on any atom is 0.326 e. The predicted molar refractivity (Wildman–Crippen MR) is 172 cm³/mol. The number of benzene rings is 3. The molecule has 0 spiro atoms. The molecule has 0 bridgehead atoms. The fourth-order valence-corrected chi connectivity index (χ4v) is 6.24. The van der Waals surface area contributed by atoms with Gasteiger partial charge in [0.2, 0.25) is 0 Å². The van der Waals surface area contributed by atoms with Crippen molar-refractivity contribution in [3.8, 4) is 5.75 Å². The largest absolute Gasteiger partial charge is 0.493 e. The third-order valence-corrected chi connectivity index (χ3v) is 9.18. The molecule has 2 aliphatic heterocycles. The van der Waals surface area contributed by atoms with Crippen LogP contribution in [0.4, 0.5) is 4.79 Å². The molecule has 0 aliphatic carbocycles. The topological polar surface area (TPSA) is 57.2 Å². The lowest BCUT2D eigenvalue weighted by Gasteiger charge is -2.47. The summed E-state index contributed by atoms with van der Waals surface area (Å²) in [6, 6.07) is 22.6. The average Bonchev–Trinajstić information content (AvgIpc) is 3.21. The summed E-state index contributed by atoms with van der Waals surface area (Å²) in [6.07, 6.45) is 0. The molecule has 6 nitrogen and oxygen atoms in total. The second kappa shape index (κ2) is 11.4. The Morgan fingerprint density at radius 3 is 2.19 bits per heavy atom. The molecule has 5 rings (SSSR count). The molecular weight excluding hydrogens is 544 g/mol. The first-order valence-electron chi connectivity index (χ1n) is 14.9. The summed E-state index contributed by atoms with van der Waals surface area (Å²) in [5.74, 6) is 1.34. The van der Waals surface area contributed by atoms with Crippen LogP contribution in [0.15, 0.2) is 71.7 Å². The molecule has 0 radical (unpaired) electrons. The van der Waals surface area contributed by atoms with E-state index in [1.165, 1.54) is 0 Å². The minimum atomic E-state index is -0.863. The first-order valence-corrected chi connectivity index (χ1v) is 15.3. The van der Waals surface area contributed by atoms with Gasteiger partial charge in [-0.25, -0.2) is 4.79 Å². The third kappa shape index (κ3) is 5.20. The highest BCUT2D eigenvalue weighted by molar-refractivity contribution is 6.30. The zero-order chi connectivity index (χ0) is 30.3. The van der Waals surface area contributed by atoms with Gasteiger partial charge in [-0.05, 0) is 74.1 Å². The maximum absolute atomic E-state index is 14.8. The number of carbonyl (C=O) groups is 1. The van der Waals surface area contributed by atoms with Crippen molar-refractivity contribution in [1.82, 2.24) is 15.1 Å². The van der Waals surface area contributed by atoms with Crippen molar-refractivity contribution in [2.75, 3.05) is 32.8 Å². The summed E-state index contributed by atoms with van der Waals surface area (Å²) in [5.41, 5.74) is 3.36. The van der Waals surface area contributed by atoms with E-state index in [2.05, 4.69) is 89.3 Å². The van der Waals surface area contributed by atoms with E-state index in [0.717, 1.165) is 46.7 Å². The Bertz CT molecular complexity index is 1470. The fourth-order valence-electron chi connectivity index (χ4n) is 6.12. The number of nitrogens with one attached hydrogen (secondary N) is 1. The van der Waals surface area contributed by atoms with Crippen molar-refractivity contribution >= 4 is 23.5 Å². The lowest BCUT2D eigenvalue weighted by atomic mass is 9.70. The molecule has 0 saturated carbocycles. The Morgan fingerprint density at radius 1 is 0.976 bits per heavy atom. The van der Waals surface area contributed by atoms with E-state index in [0.29, 0.717) is 30.6 Å². The predicted octanol–water partition coefficient (Wildman–Crippen LogP) is 7.26. The van der Waals surface area contributed by atoms with Crippen molar-refractivity contribution in [3.63, 3.8) is 0 Å². The van der Waals surface area contributed by atoms with Crippen LogP contribution in [0, 0.1) is 6.92 Å². The van der Waals surface area contributed by atoms with Crippen LogP contribution in [0.3, 0.4) is 0 Å². The van der Waals surface area contributed by atoms with E-state index in [9.17, 15) is 4.79 Å². The molecule has 1 saturated heterocycles. The van der Waals surface area contributed by atoms with E-state index in [1.807, 2.05) is 41.0 Å². The second-order valence-corrected chi connectivity index (χ2v) is 13.1. The van der Waals surface area contributed by atoms with Crippen LogP contribution in [0.25, 0.3) is 0 Å². The first-order chi connectivity index (χ1) is 19.9. The first kappa shape index (κ1) is 30.1. The Balaban J connectivity index is 1.80. The molecule has 3 aromatic carbocycles. The number of hydrogen-bond acceptors (Lipinski definition) is 4. The zero-order valence-electron chi connectivity index (χ0n) is 25.9. The number of ether oxygens (including phenoxy) is 1. The minimum Gasteiger partial charge on any atom is -0.493 e. The van der Waals surface area contributed by atoms with Gasteiger partial charge in [0.05, 0.1) is 12.2 Å². The van der Waals surface area contributed by atoms with Crippen LogP contribution in [0.1, 0.15) is 69.4 Å². The van der Waals surface area contributed by atoms with Gasteiger partial charge in [-0.2, -0.15) is 0 Å². The van der Waals surface area contributed by atoms with Gasteiger partial charge in [-0.15, -0.1) is 0 Å². The number of aryl methyl sites for hydroxylation is 1. The van der Waals surface area contributed by atoms with Crippen LogP contribution in [0.5, 0.6) is 5.75 Å². The quantitative estimate of drug-likeness (QED) is 0.342. The number of amidine groups is 1. The van der Waals surface area contributed by atoms with Gasteiger partial charge in [0.1, 0.15) is 22.7 Å². The molecule has 0 aromatic heterocycles. The number of halogens is 1. The summed E-state index contributed by atoms with van der Waals surface area (Å²) in [5, 5.41) is 4.04. The van der Waals surface area contributed by atoms with Gasteiger partial charge in [0.15, 0.2) is 0 Å². The maximum atomic E-state index is 14.8. The lowest BCUT2D eigenvalue weighted by molar-refractivity contribution is 0.104. The average molecular weight is 587 g/mol. The SMILES string of the molecule is CCOc1cc(C(C)(C)C)ccc1C1=N[C@@](C)(c2ccc(Cl)cc2)C(C)(c2ccc(C)cc2)N1C(=O)N1CCNCC1. The molecule has 2 heterocycles. The van der Waals surface area contributed by atoms with Gasteiger partial charge in [-0.1, -0.05) is 80.4 Å². The van der Waals surface area contributed by atoms with Crippen LogP contribution >= 0.6 is 11.6 Å². The number of amides is 2. The number of piperazine rings is 1. The van der Waals surface area contributed by atoms with E-state index < -0.39 is 11.1 Å². The number of carbonyl (C=O) groups excluding carboxylic acids is 1. The minimum absolute atomic E-state index is 0.0571. The van der Waals surface area contributed by atoms with Gasteiger partial charge < -0.3 is 15.0 Å². The number of rotatable bonds is 5. The molecule has 42 heavy (non-hydrogen) atoms. The second-order valence-electron chi connectivity index (χ2n) is 12.7. The Labute approximate surface area is 255 Å². The van der Waals surface area contributed by atoms with Crippen LogP contribution in [0.2, 0.25) is 5.02 Å². The van der Waals surface area contributed by atoms with Crippen molar-refractivity contribution in [1.29, 1.82) is 0 Å². The molecule has 7 heteroatoms. The van der Waals surface area contributed by atoms with Gasteiger partial charge in [0, 0.05) is 31.2 Å². The molecule has 2 aliphatic rings. The van der Waals surface area contributed by atoms with Crippen molar-refractivity contribution in [3.05, 3.63) is 99.6 Å². The molecule has 3 aromatic rings. The van der Waals surface area contributed by atoms with Crippen LogP contribution in [-0.4, -0.2) is 54.5 Å². The smallest absolute Gasteiger partial charge is 0.326 e. The molecule has 2 amide bonds. The van der Waals surface area contributed by atoms with E-state index in [4.69, 9.17) is 21.3 Å². The molecule has 1 N–H and O–H groups in total.